The Labute approximate surface area is 195 Å². The van der Waals surface area contributed by atoms with Gasteiger partial charge in [-0.15, -0.1) is 25.6 Å². The van der Waals surface area contributed by atoms with E-state index >= 15 is 0 Å². The maximum Gasteiger partial charge on any atom is 0.573 e. The molecule has 0 atom stereocenters. The van der Waals surface area contributed by atoms with Crippen LogP contribution in [0.4, 0.5) is 18.9 Å². The van der Waals surface area contributed by atoms with E-state index in [1.54, 1.807) is 6.20 Å². The van der Waals surface area contributed by atoms with Crippen LogP contribution in [0.1, 0.15) is 40.4 Å². The summed E-state index contributed by atoms with van der Waals surface area (Å²) in [6.07, 6.45) is -1.46. The van der Waals surface area contributed by atoms with Crippen molar-refractivity contribution in [1.82, 2.24) is 15.1 Å². The minimum Gasteiger partial charge on any atom is -0.406 e. The highest BCUT2D eigenvalue weighted by Crippen LogP contribution is 2.31. The summed E-state index contributed by atoms with van der Waals surface area (Å²) in [5, 5.41) is 10.6. The number of alkyl halides is 3. The minimum atomic E-state index is -4.76. The van der Waals surface area contributed by atoms with Gasteiger partial charge in [-0.25, -0.2) is 4.68 Å². The van der Waals surface area contributed by atoms with Crippen molar-refractivity contribution >= 4 is 24.0 Å². The van der Waals surface area contributed by atoms with Crippen LogP contribution in [0.5, 0.6) is 5.75 Å². The second-order valence-corrected chi connectivity index (χ2v) is 7.74. The number of piperidine rings is 1. The summed E-state index contributed by atoms with van der Waals surface area (Å²) in [6, 6.07) is 13.0. The predicted octanol–water partition coefficient (Wildman–Crippen LogP) is 5.22. The van der Waals surface area contributed by atoms with E-state index in [1.807, 2.05) is 35.9 Å². The molecule has 0 unspecified atom stereocenters. The van der Waals surface area contributed by atoms with E-state index in [4.69, 9.17) is 0 Å². The summed E-state index contributed by atoms with van der Waals surface area (Å²) in [6.45, 7) is 3.70. The van der Waals surface area contributed by atoms with E-state index in [0.717, 1.165) is 55.0 Å². The number of rotatable bonds is 5. The molecule has 1 saturated heterocycles. The SMILES string of the molecule is Cc1cccc(-n2ncc(C(=O)Nc3ccc(OC(F)(F)F)cc3)c2C2CCNCC2)c1.Cl. The Morgan fingerprint density at radius 1 is 1.15 bits per heavy atom. The van der Waals surface area contributed by atoms with Gasteiger partial charge in [0.25, 0.3) is 5.91 Å². The molecule has 0 aliphatic carbocycles. The maximum atomic E-state index is 13.1. The Balaban J connectivity index is 0.00000306. The lowest BCUT2D eigenvalue weighted by atomic mass is 9.91. The summed E-state index contributed by atoms with van der Waals surface area (Å²) >= 11 is 0. The summed E-state index contributed by atoms with van der Waals surface area (Å²) in [5.74, 6) is -0.553. The van der Waals surface area contributed by atoms with E-state index < -0.39 is 6.36 Å². The molecule has 1 aliphatic rings. The number of carbonyl (C=O) groups is 1. The van der Waals surface area contributed by atoms with Crippen molar-refractivity contribution in [2.24, 2.45) is 0 Å². The molecule has 10 heteroatoms. The van der Waals surface area contributed by atoms with E-state index in [2.05, 4.69) is 20.5 Å². The zero-order valence-corrected chi connectivity index (χ0v) is 18.7. The molecule has 0 radical (unpaired) electrons. The lowest BCUT2D eigenvalue weighted by Crippen LogP contribution is -2.29. The summed E-state index contributed by atoms with van der Waals surface area (Å²) in [5.41, 5.74) is 3.62. The number of benzene rings is 2. The molecule has 1 amide bonds. The summed E-state index contributed by atoms with van der Waals surface area (Å²) in [7, 11) is 0. The van der Waals surface area contributed by atoms with Gasteiger partial charge in [0.05, 0.1) is 23.1 Å². The molecule has 3 aromatic rings. The van der Waals surface area contributed by atoms with Crippen LogP contribution in [0, 0.1) is 6.92 Å². The summed E-state index contributed by atoms with van der Waals surface area (Å²) < 4.78 is 42.8. The topological polar surface area (TPSA) is 68.2 Å². The van der Waals surface area contributed by atoms with Crippen molar-refractivity contribution in [3.8, 4) is 11.4 Å². The van der Waals surface area contributed by atoms with Gasteiger partial charge in [0.15, 0.2) is 0 Å². The number of anilines is 1. The van der Waals surface area contributed by atoms with Crippen molar-refractivity contribution < 1.29 is 22.7 Å². The van der Waals surface area contributed by atoms with Crippen LogP contribution in [0.15, 0.2) is 54.7 Å². The quantitative estimate of drug-likeness (QED) is 0.525. The molecule has 6 nitrogen and oxygen atoms in total. The van der Waals surface area contributed by atoms with Crippen molar-refractivity contribution in [2.75, 3.05) is 18.4 Å². The first-order valence-corrected chi connectivity index (χ1v) is 10.3. The van der Waals surface area contributed by atoms with E-state index in [0.29, 0.717) is 11.3 Å². The summed E-state index contributed by atoms with van der Waals surface area (Å²) in [4.78, 5) is 13.1. The van der Waals surface area contributed by atoms with Gasteiger partial charge in [0.1, 0.15) is 5.75 Å². The molecule has 0 saturated carbocycles. The molecule has 2 aromatic carbocycles. The zero-order chi connectivity index (χ0) is 22.7. The Kier molecular flexibility index (Phi) is 7.65. The number of ether oxygens (including phenoxy) is 1. The third-order valence-corrected chi connectivity index (χ3v) is 5.37. The zero-order valence-electron chi connectivity index (χ0n) is 17.9. The highest BCUT2D eigenvalue weighted by atomic mass is 35.5. The molecule has 4 rings (SSSR count). The Bertz CT molecular complexity index is 1090. The average molecular weight is 481 g/mol. The van der Waals surface area contributed by atoms with Crippen LogP contribution < -0.4 is 15.4 Å². The molecule has 1 aliphatic heterocycles. The number of aromatic nitrogens is 2. The van der Waals surface area contributed by atoms with Crippen LogP contribution in [0.3, 0.4) is 0 Å². The monoisotopic (exact) mass is 480 g/mol. The van der Waals surface area contributed by atoms with Gasteiger partial charge in [-0.05, 0) is 74.8 Å². The normalized spacial score (nSPS) is 14.4. The smallest absolute Gasteiger partial charge is 0.406 e. The van der Waals surface area contributed by atoms with Crippen LogP contribution >= 0.6 is 12.4 Å². The van der Waals surface area contributed by atoms with Gasteiger partial charge in [-0.3, -0.25) is 4.79 Å². The van der Waals surface area contributed by atoms with Gasteiger partial charge in [0.2, 0.25) is 0 Å². The molecule has 1 fully saturated rings. The van der Waals surface area contributed by atoms with Crippen molar-refractivity contribution in [3.05, 3.63) is 71.5 Å². The molecule has 33 heavy (non-hydrogen) atoms. The van der Waals surface area contributed by atoms with Gasteiger partial charge in [-0.1, -0.05) is 12.1 Å². The first kappa shape index (κ1) is 24.6. The third-order valence-electron chi connectivity index (χ3n) is 5.37. The fraction of sp³-hybridized carbons (Fsp3) is 0.304. The van der Waals surface area contributed by atoms with Gasteiger partial charge in [0, 0.05) is 11.6 Å². The van der Waals surface area contributed by atoms with Crippen LogP contribution in [0.25, 0.3) is 5.69 Å². The molecular formula is C23H24ClF3N4O2. The number of carbonyl (C=O) groups excluding carboxylic acids is 1. The number of nitrogens with one attached hydrogen (secondary N) is 2. The largest absolute Gasteiger partial charge is 0.573 e. The van der Waals surface area contributed by atoms with Gasteiger partial charge in [-0.2, -0.15) is 5.10 Å². The van der Waals surface area contributed by atoms with E-state index in [-0.39, 0.29) is 30.0 Å². The molecule has 2 N–H and O–H groups in total. The Morgan fingerprint density at radius 3 is 2.48 bits per heavy atom. The Hall–Kier alpha value is -3.04. The average Bonchev–Trinajstić information content (AvgIpc) is 3.20. The maximum absolute atomic E-state index is 13.1. The first-order valence-electron chi connectivity index (χ1n) is 10.3. The fourth-order valence-corrected chi connectivity index (χ4v) is 3.92. The van der Waals surface area contributed by atoms with Crippen LogP contribution in [0.2, 0.25) is 0 Å². The molecular weight excluding hydrogens is 457 g/mol. The van der Waals surface area contributed by atoms with Crippen LogP contribution in [-0.4, -0.2) is 35.1 Å². The molecule has 176 valence electrons. The molecule has 0 spiro atoms. The number of amides is 1. The van der Waals surface area contributed by atoms with E-state index in [1.165, 1.54) is 12.1 Å². The standard InChI is InChI=1S/C23H23F3N4O2.ClH/c1-15-3-2-4-18(13-15)30-21(16-9-11-27-12-10-16)20(14-28-30)22(31)29-17-5-7-19(8-6-17)32-23(24,25)26;/h2-8,13-14,16,27H,9-12H2,1H3,(H,29,31);1H. The number of halogens is 4. The second kappa shape index (κ2) is 10.3. The lowest BCUT2D eigenvalue weighted by molar-refractivity contribution is -0.274. The third kappa shape index (κ3) is 6.06. The molecule has 0 bridgehead atoms. The highest BCUT2D eigenvalue weighted by molar-refractivity contribution is 6.05. The van der Waals surface area contributed by atoms with E-state index in [9.17, 15) is 18.0 Å². The number of hydrogen-bond acceptors (Lipinski definition) is 4. The lowest BCUT2D eigenvalue weighted by Gasteiger charge is -2.24. The first-order chi connectivity index (χ1) is 15.3. The van der Waals surface area contributed by atoms with Crippen LogP contribution in [-0.2, 0) is 0 Å². The second-order valence-electron chi connectivity index (χ2n) is 7.74. The number of hydrogen-bond donors (Lipinski definition) is 2. The minimum absolute atomic E-state index is 0. The number of aryl methyl sites for hydroxylation is 1. The fourth-order valence-electron chi connectivity index (χ4n) is 3.92. The van der Waals surface area contributed by atoms with Gasteiger partial charge < -0.3 is 15.4 Å². The van der Waals surface area contributed by atoms with Crippen molar-refractivity contribution in [2.45, 2.75) is 32.0 Å². The van der Waals surface area contributed by atoms with Crippen molar-refractivity contribution in [1.29, 1.82) is 0 Å². The molecule has 1 aromatic heterocycles. The highest BCUT2D eigenvalue weighted by Gasteiger charge is 2.31. The van der Waals surface area contributed by atoms with Gasteiger partial charge >= 0.3 is 6.36 Å². The molecule has 2 heterocycles. The number of nitrogens with zero attached hydrogens (tertiary/aromatic N) is 2. The van der Waals surface area contributed by atoms with Crippen molar-refractivity contribution in [3.63, 3.8) is 0 Å². The predicted molar refractivity (Wildman–Crippen MR) is 121 cm³/mol. The Morgan fingerprint density at radius 2 is 1.85 bits per heavy atom.